The largest absolute Gasteiger partial charge is 0.350 e. The molecule has 0 aromatic carbocycles. The van der Waals surface area contributed by atoms with Gasteiger partial charge in [0.05, 0.1) is 6.04 Å². The number of nitrogens with two attached hydrogens (primary N) is 1. The Morgan fingerprint density at radius 1 is 1.59 bits per heavy atom. The van der Waals surface area contributed by atoms with E-state index in [1.165, 1.54) is 0 Å². The van der Waals surface area contributed by atoms with E-state index in [9.17, 15) is 9.59 Å². The molecule has 0 bridgehead atoms. The van der Waals surface area contributed by atoms with Crippen molar-refractivity contribution in [2.45, 2.75) is 45.2 Å². The zero-order valence-electron chi connectivity index (χ0n) is 10.9. The first-order valence-corrected chi connectivity index (χ1v) is 6.20. The van der Waals surface area contributed by atoms with Crippen molar-refractivity contribution in [3.8, 4) is 0 Å². The topological polar surface area (TPSA) is 75.4 Å². The van der Waals surface area contributed by atoms with E-state index in [1.54, 1.807) is 11.9 Å². The van der Waals surface area contributed by atoms with Crippen molar-refractivity contribution in [2.75, 3.05) is 13.6 Å². The summed E-state index contributed by atoms with van der Waals surface area (Å²) in [5.74, 6) is 0.444. The van der Waals surface area contributed by atoms with Crippen molar-refractivity contribution in [3.05, 3.63) is 0 Å². The minimum atomic E-state index is -0.446. The van der Waals surface area contributed by atoms with Gasteiger partial charge in [-0.05, 0) is 18.8 Å². The van der Waals surface area contributed by atoms with Crippen molar-refractivity contribution in [3.63, 3.8) is 0 Å². The van der Waals surface area contributed by atoms with Crippen molar-refractivity contribution < 1.29 is 9.59 Å². The van der Waals surface area contributed by atoms with E-state index in [4.69, 9.17) is 5.73 Å². The quantitative estimate of drug-likeness (QED) is 0.733. The van der Waals surface area contributed by atoms with Crippen LogP contribution in [0.5, 0.6) is 0 Å². The second-order valence-corrected chi connectivity index (χ2v) is 5.25. The molecule has 3 N–H and O–H groups in total. The van der Waals surface area contributed by atoms with Crippen LogP contribution in [0.1, 0.15) is 33.1 Å². The van der Waals surface area contributed by atoms with Gasteiger partial charge in [0.1, 0.15) is 0 Å². The maximum Gasteiger partial charge on any atom is 0.237 e. The van der Waals surface area contributed by atoms with Crippen LogP contribution < -0.4 is 11.1 Å². The van der Waals surface area contributed by atoms with Gasteiger partial charge >= 0.3 is 0 Å². The fourth-order valence-electron chi connectivity index (χ4n) is 2.05. The Morgan fingerprint density at radius 2 is 2.24 bits per heavy atom. The van der Waals surface area contributed by atoms with E-state index in [-0.39, 0.29) is 17.9 Å². The van der Waals surface area contributed by atoms with Crippen LogP contribution >= 0.6 is 0 Å². The first-order chi connectivity index (χ1) is 7.90. The summed E-state index contributed by atoms with van der Waals surface area (Å²) in [6.45, 7) is 4.67. The Balaban J connectivity index is 2.38. The van der Waals surface area contributed by atoms with Crippen molar-refractivity contribution in [2.24, 2.45) is 11.7 Å². The summed E-state index contributed by atoms with van der Waals surface area (Å²) in [6, 6.07) is -0.402. The van der Waals surface area contributed by atoms with Crippen LogP contribution in [0.25, 0.3) is 0 Å². The monoisotopic (exact) mass is 241 g/mol. The van der Waals surface area contributed by atoms with Gasteiger partial charge in [-0.1, -0.05) is 13.8 Å². The molecule has 1 heterocycles. The number of rotatable bonds is 4. The van der Waals surface area contributed by atoms with Gasteiger partial charge in [-0.15, -0.1) is 0 Å². The molecule has 98 valence electrons. The summed E-state index contributed by atoms with van der Waals surface area (Å²) < 4.78 is 0. The molecule has 1 rings (SSSR count). The molecule has 2 amide bonds. The third kappa shape index (κ3) is 4.34. The Kier molecular flexibility index (Phi) is 4.93. The summed E-state index contributed by atoms with van der Waals surface area (Å²) in [7, 11) is 1.76. The lowest BCUT2D eigenvalue weighted by molar-refractivity contribution is -0.134. The molecule has 5 nitrogen and oxygen atoms in total. The predicted octanol–water partition coefficient (Wildman–Crippen LogP) is 0.0968. The molecule has 5 heteroatoms. The molecular weight excluding hydrogens is 218 g/mol. The minimum Gasteiger partial charge on any atom is -0.350 e. The first kappa shape index (κ1) is 14.0. The number of likely N-dealkylation sites (tertiary alicyclic amines) is 1. The van der Waals surface area contributed by atoms with E-state index in [0.29, 0.717) is 31.7 Å². The van der Waals surface area contributed by atoms with Gasteiger partial charge < -0.3 is 16.0 Å². The standard InChI is InChI=1S/C12H23N3O2/c1-8(2)6-10(13)12(17)14-9-4-5-11(16)15(3)7-9/h8-10H,4-7,13H2,1-3H3,(H,14,17)/t9?,10-/m0/s1. The summed E-state index contributed by atoms with van der Waals surface area (Å²) in [6.07, 6.45) is 1.90. The number of likely N-dealkylation sites (N-methyl/N-ethyl adjacent to an activating group) is 1. The molecule has 1 fully saturated rings. The predicted molar refractivity (Wildman–Crippen MR) is 66.2 cm³/mol. The van der Waals surface area contributed by atoms with Crippen LogP contribution in [0.2, 0.25) is 0 Å². The molecule has 1 aliphatic heterocycles. The number of piperidine rings is 1. The van der Waals surface area contributed by atoms with Gasteiger partial charge in [0, 0.05) is 26.1 Å². The summed E-state index contributed by atoms with van der Waals surface area (Å²) in [5, 5.41) is 2.92. The smallest absolute Gasteiger partial charge is 0.237 e. The molecule has 0 spiro atoms. The highest BCUT2D eigenvalue weighted by Crippen LogP contribution is 2.10. The Bertz CT molecular complexity index is 291. The lowest BCUT2D eigenvalue weighted by atomic mass is 10.0. The number of carbonyl (C=O) groups excluding carboxylic acids is 2. The van der Waals surface area contributed by atoms with Crippen molar-refractivity contribution in [1.82, 2.24) is 10.2 Å². The van der Waals surface area contributed by atoms with Gasteiger partial charge in [0.25, 0.3) is 0 Å². The Morgan fingerprint density at radius 3 is 2.76 bits per heavy atom. The van der Waals surface area contributed by atoms with Gasteiger partial charge in [-0.2, -0.15) is 0 Å². The van der Waals surface area contributed by atoms with Gasteiger partial charge in [-0.25, -0.2) is 0 Å². The number of amides is 2. The number of hydrogen-bond donors (Lipinski definition) is 2. The van der Waals surface area contributed by atoms with Crippen molar-refractivity contribution >= 4 is 11.8 Å². The summed E-state index contributed by atoms with van der Waals surface area (Å²) in [5.41, 5.74) is 5.80. The number of nitrogens with one attached hydrogen (secondary N) is 1. The van der Waals surface area contributed by atoms with Crippen LogP contribution in [0, 0.1) is 5.92 Å². The van der Waals surface area contributed by atoms with Crippen LogP contribution in [-0.4, -0.2) is 42.4 Å². The molecule has 17 heavy (non-hydrogen) atoms. The molecule has 0 aromatic heterocycles. The average molecular weight is 241 g/mol. The maximum absolute atomic E-state index is 11.8. The van der Waals surface area contributed by atoms with E-state index < -0.39 is 6.04 Å². The maximum atomic E-state index is 11.8. The second kappa shape index (κ2) is 6.00. The number of nitrogens with zero attached hydrogens (tertiary/aromatic N) is 1. The number of hydrogen-bond acceptors (Lipinski definition) is 3. The van der Waals surface area contributed by atoms with Crippen LogP contribution in [-0.2, 0) is 9.59 Å². The van der Waals surface area contributed by atoms with E-state index in [1.807, 2.05) is 13.8 Å². The second-order valence-electron chi connectivity index (χ2n) is 5.25. The van der Waals surface area contributed by atoms with E-state index in [0.717, 1.165) is 0 Å². The van der Waals surface area contributed by atoms with Crippen LogP contribution in [0.4, 0.5) is 0 Å². The molecule has 0 radical (unpaired) electrons. The van der Waals surface area contributed by atoms with E-state index >= 15 is 0 Å². The van der Waals surface area contributed by atoms with Gasteiger partial charge in [0.15, 0.2) is 0 Å². The molecule has 2 atom stereocenters. The number of carbonyl (C=O) groups is 2. The molecule has 0 saturated carbocycles. The third-order valence-electron chi connectivity index (χ3n) is 3.04. The highest BCUT2D eigenvalue weighted by Gasteiger charge is 2.25. The van der Waals surface area contributed by atoms with Gasteiger partial charge in [0.2, 0.25) is 11.8 Å². The Labute approximate surface area is 103 Å². The Hall–Kier alpha value is -1.10. The SMILES string of the molecule is CC(C)C[C@H](N)C(=O)NC1CCC(=O)N(C)C1. The van der Waals surface area contributed by atoms with E-state index in [2.05, 4.69) is 5.32 Å². The average Bonchev–Trinajstić information content (AvgIpc) is 2.22. The third-order valence-corrected chi connectivity index (χ3v) is 3.04. The molecule has 0 aliphatic carbocycles. The summed E-state index contributed by atoms with van der Waals surface area (Å²) >= 11 is 0. The van der Waals surface area contributed by atoms with Gasteiger partial charge in [-0.3, -0.25) is 9.59 Å². The molecular formula is C12H23N3O2. The summed E-state index contributed by atoms with van der Waals surface area (Å²) in [4.78, 5) is 24.7. The van der Waals surface area contributed by atoms with Crippen LogP contribution in [0.15, 0.2) is 0 Å². The normalized spacial score (nSPS) is 22.8. The first-order valence-electron chi connectivity index (χ1n) is 6.20. The fourth-order valence-corrected chi connectivity index (χ4v) is 2.05. The molecule has 0 aromatic rings. The van der Waals surface area contributed by atoms with Crippen molar-refractivity contribution in [1.29, 1.82) is 0 Å². The molecule has 1 unspecified atom stereocenters. The highest BCUT2D eigenvalue weighted by atomic mass is 16.2. The fraction of sp³-hybridized carbons (Fsp3) is 0.833. The zero-order chi connectivity index (χ0) is 13.0. The zero-order valence-corrected chi connectivity index (χ0v) is 10.9. The lowest BCUT2D eigenvalue weighted by Gasteiger charge is -2.31. The minimum absolute atomic E-state index is 0.0448. The molecule has 1 aliphatic rings. The highest BCUT2D eigenvalue weighted by molar-refractivity contribution is 5.82. The lowest BCUT2D eigenvalue weighted by Crippen LogP contribution is -2.52. The molecule has 1 saturated heterocycles. The van der Waals surface area contributed by atoms with Crippen LogP contribution in [0.3, 0.4) is 0 Å².